The molecule has 0 aromatic heterocycles. The number of benzene rings is 2. The smallest absolute Gasteiger partial charge is 0.160 e. The largest absolute Gasteiger partial charge is 0.504 e. The van der Waals surface area contributed by atoms with Crippen molar-refractivity contribution in [2.45, 2.75) is 38.5 Å². The molecule has 2 aromatic carbocycles. The molecule has 4 nitrogen and oxygen atoms in total. The summed E-state index contributed by atoms with van der Waals surface area (Å²) in [6.07, 6.45) is 0.718. The summed E-state index contributed by atoms with van der Waals surface area (Å²) in [4.78, 5) is 24.8. The molecule has 0 aliphatic carbocycles. The van der Waals surface area contributed by atoms with Gasteiger partial charge in [0.25, 0.3) is 0 Å². The molecule has 25 heavy (non-hydrogen) atoms. The summed E-state index contributed by atoms with van der Waals surface area (Å²) in [6, 6.07) is 14.5. The second kappa shape index (κ2) is 7.97. The molecule has 0 aliphatic rings. The minimum absolute atomic E-state index is 0.0670. The average Bonchev–Trinajstić information content (AvgIpc) is 2.61. The third-order valence-corrected chi connectivity index (χ3v) is 4.49. The first-order valence-electron chi connectivity index (χ1n) is 8.31. The normalized spacial score (nSPS) is 11.2. The molecule has 0 spiro atoms. The van der Waals surface area contributed by atoms with Crippen LogP contribution in [0.15, 0.2) is 48.5 Å². The maximum atomic E-state index is 12.6. The maximum absolute atomic E-state index is 12.6. The van der Waals surface area contributed by atoms with Crippen molar-refractivity contribution in [3.63, 3.8) is 0 Å². The van der Waals surface area contributed by atoms with E-state index in [2.05, 4.69) is 0 Å². The van der Waals surface area contributed by atoms with E-state index in [4.69, 9.17) is 4.74 Å². The minimum atomic E-state index is -0.682. The first kappa shape index (κ1) is 18.7. The standard InChI is InChI=1S/C21H24O4/c1-21(2,16-7-5-4-6-8-16)20(24)14-17(22)11-9-15-10-12-18(23)19(13-15)25-3/h4-8,10,12-13,23H,9,11,14H2,1-3H3. The number of ether oxygens (including phenoxy) is 1. The van der Waals surface area contributed by atoms with Crippen molar-refractivity contribution in [2.24, 2.45) is 0 Å². The number of phenols is 1. The lowest BCUT2D eigenvalue weighted by atomic mass is 9.78. The van der Waals surface area contributed by atoms with Crippen LogP contribution >= 0.6 is 0 Å². The molecule has 0 atom stereocenters. The van der Waals surface area contributed by atoms with Gasteiger partial charge in [0.05, 0.1) is 13.5 Å². The van der Waals surface area contributed by atoms with E-state index in [9.17, 15) is 14.7 Å². The number of aryl methyl sites for hydroxylation is 1. The molecule has 0 saturated heterocycles. The second-order valence-corrected chi connectivity index (χ2v) is 6.64. The van der Waals surface area contributed by atoms with Crippen LogP contribution in [0, 0.1) is 0 Å². The van der Waals surface area contributed by atoms with Gasteiger partial charge in [0.2, 0.25) is 0 Å². The van der Waals surface area contributed by atoms with E-state index in [1.54, 1.807) is 18.2 Å². The van der Waals surface area contributed by atoms with Crippen molar-refractivity contribution in [3.8, 4) is 11.5 Å². The van der Waals surface area contributed by atoms with Crippen molar-refractivity contribution in [1.82, 2.24) is 0 Å². The van der Waals surface area contributed by atoms with Crippen LogP contribution in [0.3, 0.4) is 0 Å². The third kappa shape index (κ3) is 4.69. The molecular weight excluding hydrogens is 316 g/mol. The lowest BCUT2D eigenvalue weighted by Crippen LogP contribution is -2.30. The Labute approximate surface area is 148 Å². The summed E-state index contributed by atoms with van der Waals surface area (Å²) in [5, 5.41) is 9.59. The topological polar surface area (TPSA) is 63.6 Å². The lowest BCUT2D eigenvalue weighted by Gasteiger charge is -2.23. The fourth-order valence-electron chi connectivity index (χ4n) is 2.67. The Hall–Kier alpha value is -2.62. The highest BCUT2D eigenvalue weighted by Gasteiger charge is 2.30. The molecule has 0 saturated carbocycles. The Balaban J connectivity index is 1.95. The van der Waals surface area contributed by atoms with Crippen molar-refractivity contribution >= 4 is 11.6 Å². The number of hydrogen-bond acceptors (Lipinski definition) is 4. The van der Waals surface area contributed by atoms with Gasteiger partial charge in [-0.05, 0) is 43.5 Å². The Morgan fingerprint density at radius 2 is 1.76 bits per heavy atom. The van der Waals surface area contributed by atoms with Gasteiger partial charge >= 0.3 is 0 Å². The van der Waals surface area contributed by atoms with Crippen molar-refractivity contribution in [1.29, 1.82) is 0 Å². The van der Waals surface area contributed by atoms with E-state index < -0.39 is 5.41 Å². The molecular formula is C21H24O4. The van der Waals surface area contributed by atoms with E-state index in [0.717, 1.165) is 11.1 Å². The zero-order valence-corrected chi connectivity index (χ0v) is 14.9. The summed E-state index contributed by atoms with van der Waals surface area (Å²) in [5.74, 6) is 0.289. The fraction of sp³-hybridized carbons (Fsp3) is 0.333. The maximum Gasteiger partial charge on any atom is 0.160 e. The summed E-state index contributed by atoms with van der Waals surface area (Å²) in [6.45, 7) is 3.70. The molecule has 0 heterocycles. The zero-order valence-electron chi connectivity index (χ0n) is 14.9. The number of carbonyl (C=O) groups is 2. The molecule has 0 fully saturated rings. The highest BCUT2D eigenvalue weighted by Crippen LogP contribution is 2.28. The van der Waals surface area contributed by atoms with Crippen molar-refractivity contribution < 1.29 is 19.4 Å². The molecule has 0 amide bonds. The van der Waals surface area contributed by atoms with Crippen LogP contribution in [0.2, 0.25) is 0 Å². The molecule has 1 N–H and O–H groups in total. The Bertz CT molecular complexity index is 748. The van der Waals surface area contributed by atoms with E-state index in [1.807, 2.05) is 44.2 Å². The first-order valence-corrected chi connectivity index (χ1v) is 8.31. The minimum Gasteiger partial charge on any atom is -0.504 e. The summed E-state index contributed by atoms with van der Waals surface area (Å²) < 4.78 is 5.06. The van der Waals surface area contributed by atoms with Crippen LogP contribution in [0.1, 0.15) is 37.8 Å². The second-order valence-electron chi connectivity index (χ2n) is 6.64. The van der Waals surface area contributed by atoms with Crippen LogP contribution in [0.25, 0.3) is 0 Å². The van der Waals surface area contributed by atoms with Gasteiger partial charge in [-0.3, -0.25) is 9.59 Å². The van der Waals surface area contributed by atoms with Gasteiger partial charge in [-0.15, -0.1) is 0 Å². The van der Waals surface area contributed by atoms with Crippen LogP contribution in [0.5, 0.6) is 11.5 Å². The highest BCUT2D eigenvalue weighted by atomic mass is 16.5. The van der Waals surface area contributed by atoms with Gasteiger partial charge in [-0.1, -0.05) is 36.4 Å². The predicted octanol–water partition coefficient (Wildman–Crippen LogP) is 3.84. The van der Waals surface area contributed by atoms with Crippen LogP contribution in [0.4, 0.5) is 0 Å². The molecule has 0 unspecified atom stereocenters. The molecule has 0 bridgehead atoms. The van der Waals surface area contributed by atoms with Crippen LogP contribution < -0.4 is 4.74 Å². The molecule has 4 heteroatoms. The Morgan fingerprint density at radius 1 is 1.08 bits per heavy atom. The van der Waals surface area contributed by atoms with Crippen LogP contribution in [-0.2, 0) is 21.4 Å². The van der Waals surface area contributed by atoms with Gasteiger partial charge < -0.3 is 9.84 Å². The van der Waals surface area contributed by atoms with Crippen molar-refractivity contribution in [3.05, 3.63) is 59.7 Å². The zero-order chi connectivity index (χ0) is 18.4. The quantitative estimate of drug-likeness (QED) is 0.742. The number of aromatic hydroxyl groups is 1. The SMILES string of the molecule is COc1cc(CCC(=O)CC(=O)C(C)(C)c2ccccc2)ccc1O. The molecule has 2 aromatic rings. The highest BCUT2D eigenvalue weighted by molar-refractivity contribution is 6.03. The number of phenolic OH excluding ortho intramolecular Hbond substituents is 1. The molecule has 0 aliphatic heterocycles. The van der Waals surface area contributed by atoms with Gasteiger partial charge in [-0.2, -0.15) is 0 Å². The fourth-order valence-corrected chi connectivity index (χ4v) is 2.67. The van der Waals surface area contributed by atoms with Crippen LogP contribution in [-0.4, -0.2) is 23.8 Å². The van der Waals surface area contributed by atoms with Gasteiger partial charge in [0.15, 0.2) is 11.5 Å². The van der Waals surface area contributed by atoms with E-state index in [-0.39, 0.29) is 30.2 Å². The number of methoxy groups -OCH3 is 1. The molecule has 0 radical (unpaired) electrons. The number of ketones is 2. The molecule has 132 valence electrons. The lowest BCUT2D eigenvalue weighted by molar-refractivity contribution is -0.129. The number of hydrogen-bond donors (Lipinski definition) is 1. The predicted molar refractivity (Wildman–Crippen MR) is 97.1 cm³/mol. The molecule has 2 rings (SSSR count). The Kier molecular flexibility index (Phi) is 5.97. The summed E-state index contributed by atoms with van der Waals surface area (Å²) in [7, 11) is 1.48. The van der Waals surface area contributed by atoms with Gasteiger partial charge in [-0.25, -0.2) is 0 Å². The van der Waals surface area contributed by atoms with Gasteiger partial charge in [0.1, 0.15) is 11.6 Å². The van der Waals surface area contributed by atoms with Crippen molar-refractivity contribution in [2.75, 3.05) is 7.11 Å². The van der Waals surface area contributed by atoms with E-state index >= 15 is 0 Å². The monoisotopic (exact) mass is 340 g/mol. The number of Topliss-reactive ketones (excluding diaryl/α,β-unsaturated/α-hetero) is 2. The summed E-state index contributed by atoms with van der Waals surface area (Å²) >= 11 is 0. The first-order chi connectivity index (χ1) is 11.8. The van der Waals surface area contributed by atoms with E-state index in [1.165, 1.54) is 7.11 Å². The third-order valence-electron chi connectivity index (χ3n) is 4.49. The average molecular weight is 340 g/mol. The van der Waals surface area contributed by atoms with E-state index in [0.29, 0.717) is 12.2 Å². The summed E-state index contributed by atoms with van der Waals surface area (Å²) in [5.41, 5.74) is 1.12. The number of rotatable bonds is 8. The van der Waals surface area contributed by atoms with Gasteiger partial charge in [0, 0.05) is 11.8 Å². The number of carbonyl (C=O) groups excluding carboxylic acids is 2. The Morgan fingerprint density at radius 3 is 2.40 bits per heavy atom.